The molecule has 66 valence electrons. The molecule has 1 aliphatic rings. The van der Waals surface area contributed by atoms with Crippen molar-refractivity contribution in [2.75, 3.05) is 14.1 Å². The Bertz CT molecular complexity index is 228. The average molecular weight is 165 g/mol. The fourth-order valence-corrected chi connectivity index (χ4v) is 1.000. The lowest BCUT2D eigenvalue weighted by atomic mass is 9.96. The lowest BCUT2D eigenvalue weighted by Crippen LogP contribution is -2.39. The summed E-state index contributed by atoms with van der Waals surface area (Å²) in [5.74, 6) is 0. The van der Waals surface area contributed by atoms with Crippen LogP contribution in [0.4, 0.5) is 0 Å². The van der Waals surface area contributed by atoms with Gasteiger partial charge in [0.1, 0.15) is 0 Å². The molecule has 1 atom stereocenters. The minimum absolute atomic E-state index is 0.0654. The minimum atomic E-state index is 0.0654. The molecule has 1 heterocycles. The smallest absolute Gasteiger partial charge is 0.0493 e. The van der Waals surface area contributed by atoms with Crippen LogP contribution in [-0.4, -0.2) is 37.0 Å². The van der Waals surface area contributed by atoms with Crippen LogP contribution in [0.1, 0.15) is 13.3 Å². The van der Waals surface area contributed by atoms with Gasteiger partial charge in [-0.05, 0) is 27.1 Å². The molecule has 0 bridgehead atoms. The van der Waals surface area contributed by atoms with Crippen LogP contribution in [0.2, 0.25) is 0 Å². The number of likely N-dealkylation sites (N-methyl/N-ethyl adjacent to an activating group) is 1. The number of hydrogen-bond acceptors (Lipinski definition) is 3. The molecule has 1 aliphatic heterocycles. The standard InChI is InChI=1S/C9H15N3/c1-9(12(2)3)5-4-7-10-11-8-6-9/h4-5,7-8H,6H2,1-3H3/b5-4?,10-7+,11-8+. The van der Waals surface area contributed by atoms with Crippen molar-refractivity contribution in [1.82, 2.24) is 4.90 Å². The molecule has 12 heavy (non-hydrogen) atoms. The fourth-order valence-electron chi connectivity index (χ4n) is 1.000. The summed E-state index contributed by atoms with van der Waals surface area (Å²) in [4.78, 5) is 2.18. The Balaban J connectivity index is 2.83. The highest BCUT2D eigenvalue weighted by Gasteiger charge is 2.22. The van der Waals surface area contributed by atoms with Crippen molar-refractivity contribution in [3.63, 3.8) is 0 Å². The fraction of sp³-hybridized carbons (Fsp3) is 0.556. The van der Waals surface area contributed by atoms with Gasteiger partial charge in [0.15, 0.2) is 0 Å². The van der Waals surface area contributed by atoms with Crippen LogP contribution in [0.5, 0.6) is 0 Å². The van der Waals surface area contributed by atoms with Crippen LogP contribution < -0.4 is 0 Å². The molecule has 0 spiro atoms. The third-order valence-corrected chi connectivity index (χ3v) is 2.28. The minimum Gasteiger partial charge on any atom is -0.300 e. The Hall–Kier alpha value is -0.960. The van der Waals surface area contributed by atoms with E-state index in [1.807, 2.05) is 12.3 Å². The zero-order valence-corrected chi connectivity index (χ0v) is 7.86. The van der Waals surface area contributed by atoms with Crippen molar-refractivity contribution in [1.29, 1.82) is 0 Å². The maximum atomic E-state index is 3.88. The van der Waals surface area contributed by atoms with Crippen molar-refractivity contribution in [3.05, 3.63) is 12.2 Å². The highest BCUT2D eigenvalue weighted by atomic mass is 15.2. The molecule has 0 aromatic heterocycles. The summed E-state index contributed by atoms with van der Waals surface area (Å²) >= 11 is 0. The molecule has 0 saturated heterocycles. The number of allylic oxidation sites excluding steroid dienone is 1. The quantitative estimate of drug-likeness (QED) is 0.576. The molecule has 1 rings (SSSR count). The summed E-state index contributed by atoms with van der Waals surface area (Å²) in [5, 5.41) is 7.67. The first kappa shape index (κ1) is 9.13. The molecule has 0 aromatic rings. The van der Waals surface area contributed by atoms with Crippen molar-refractivity contribution in [2.24, 2.45) is 10.2 Å². The molecule has 1 unspecified atom stereocenters. The van der Waals surface area contributed by atoms with E-state index in [1.54, 1.807) is 6.21 Å². The normalized spacial score (nSPS) is 34.3. The first-order chi connectivity index (χ1) is 5.65. The first-order valence-corrected chi connectivity index (χ1v) is 4.05. The van der Waals surface area contributed by atoms with Crippen LogP contribution >= 0.6 is 0 Å². The lowest BCUT2D eigenvalue weighted by molar-refractivity contribution is 0.239. The van der Waals surface area contributed by atoms with E-state index in [1.165, 1.54) is 0 Å². The van der Waals surface area contributed by atoms with Crippen molar-refractivity contribution < 1.29 is 0 Å². The van der Waals surface area contributed by atoms with Gasteiger partial charge in [0.2, 0.25) is 0 Å². The first-order valence-electron chi connectivity index (χ1n) is 4.05. The van der Waals surface area contributed by atoms with Crippen LogP contribution in [0.15, 0.2) is 22.4 Å². The second-order valence-corrected chi connectivity index (χ2v) is 3.38. The maximum absolute atomic E-state index is 3.88. The van der Waals surface area contributed by atoms with Crippen LogP contribution in [0, 0.1) is 0 Å². The van der Waals surface area contributed by atoms with Gasteiger partial charge >= 0.3 is 0 Å². The topological polar surface area (TPSA) is 28.0 Å². The van der Waals surface area contributed by atoms with E-state index in [9.17, 15) is 0 Å². The van der Waals surface area contributed by atoms with E-state index in [4.69, 9.17) is 0 Å². The molecule has 0 radical (unpaired) electrons. The lowest BCUT2D eigenvalue weighted by Gasteiger charge is -2.32. The highest BCUT2D eigenvalue weighted by Crippen LogP contribution is 2.17. The van der Waals surface area contributed by atoms with Crippen LogP contribution in [0.25, 0.3) is 0 Å². The Morgan fingerprint density at radius 3 is 2.75 bits per heavy atom. The number of rotatable bonds is 1. The van der Waals surface area contributed by atoms with Gasteiger partial charge in [-0.25, -0.2) is 0 Å². The van der Waals surface area contributed by atoms with Crippen molar-refractivity contribution in [3.8, 4) is 0 Å². The SMILES string of the molecule is CN(C)C1(C)C=C/C=N/N=C/C1. The zero-order chi connectivity index (χ0) is 9.03. The number of hydrogen-bond donors (Lipinski definition) is 0. The molecule has 0 N–H and O–H groups in total. The Morgan fingerprint density at radius 1 is 1.33 bits per heavy atom. The van der Waals surface area contributed by atoms with Crippen molar-refractivity contribution in [2.45, 2.75) is 18.9 Å². The molecule has 3 nitrogen and oxygen atoms in total. The summed E-state index contributed by atoms with van der Waals surface area (Å²) in [6.45, 7) is 2.18. The summed E-state index contributed by atoms with van der Waals surface area (Å²) in [7, 11) is 4.13. The molecule has 3 heteroatoms. The predicted octanol–water partition coefficient (Wildman–Crippen LogP) is 1.32. The van der Waals surface area contributed by atoms with Gasteiger partial charge in [-0.3, -0.25) is 0 Å². The van der Waals surface area contributed by atoms with Gasteiger partial charge in [-0.1, -0.05) is 6.08 Å². The Labute approximate surface area is 73.5 Å². The summed E-state index contributed by atoms with van der Waals surface area (Å²) in [5.41, 5.74) is 0.0654. The maximum Gasteiger partial charge on any atom is 0.0493 e. The monoisotopic (exact) mass is 165 g/mol. The van der Waals surface area contributed by atoms with Gasteiger partial charge in [-0.2, -0.15) is 10.2 Å². The largest absolute Gasteiger partial charge is 0.300 e. The van der Waals surface area contributed by atoms with E-state index < -0.39 is 0 Å². The Morgan fingerprint density at radius 2 is 2.08 bits per heavy atom. The molecule has 0 saturated carbocycles. The summed E-state index contributed by atoms with van der Waals surface area (Å²) in [6.07, 6.45) is 8.53. The third-order valence-electron chi connectivity index (χ3n) is 2.28. The van der Waals surface area contributed by atoms with Crippen molar-refractivity contribution >= 4 is 12.4 Å². The van der Waals surface area contributed by atoms with E-state index in [2.05, 4.69) is 42.2 Å². The summed E-state index contributed by atoms with van der Waals surface area (Å²) < 4.78 is 0. The van der Waals surface area contributed by atoms with Gasteiger partial charge in [0.25, 0.3) is 0 Å². The molecule has 0 aromatic carbocycles. The van der Waals surface area contributed by atoms with E-state index in [-0.39, 0.29) is 5.54 Å². The second-order valence-electron chi connectivity index (χ2n) is 3.38. The second kappa shape index (κ2) is 3.63. The Kier molecular flexibility index (Phi) is 2.76. The van der Waals surface area contributed by atoms with Gasteiger partial charge in [-0.15, -0.1) is 0 Å². The van der Waals surface area contributed by atoms with Crippen LogP contribution in [-0.2, 0) is 0 Å². The van der Waals surface area contributed by atoms with Gasteiger partial charge in [0.05, 0.1) is 0 Å². The summed E-state index contributed by atoms with van der Waals surface area (Å²) in [6, 6.07) is 0. The molecule has 0 aliphatic carbocycles. The molecular formula is C9H15N3. The van der Waals surface area contributed by atoms with Gasteiger partial charge in [0, 0.05) is 24.4 Å². The highest BCUT2D eigenvalue weighted by molar-refractivity contribution is 5.73. The molecular weight excluding hydrogens is 150 g/mol. The average Bonchev–Trinajstić information content (AvgIpc) is 1.97. The molecule has 0 amide bonds. The van der Waals surface area contributed by atoms with E-state index >= 15 is 0 Å². The predicted molar refractivity (Wildman–Crippen MR) is 52.8 cm³/mol. The zero-order valence-electron chi connectivity index (χ0n) is 7.86. The third kappa shape index (κ3) is 2.01. The van der Waals surface area contributed by atoms with Gasteiger partial charge < -0.3 is 4.90 Å². The van der Waals surface area contributed by atoms with E-state index in [0.29, 0.717) is 0 Å². The number of nitrogens with zero attached hydrogens (tertiary/aromatic N) is 3. The molecule has 0 fully saturated rings. The van der Waals surface area contributed by atoms with Crippen LogP contribution in [0.3, 0.4) is 0 Å². The van der Waals surface area contributed by atoms with E-state index in [0.717, 1.165) is 6.42 Å².